The van der Waals surface area contributed by atoms with Gasteiger partial charge in [-0.05, 0) is 51.0 Å². The molecule has 0 amide bonds. The van der Waals surface area contributed by atoms with E-state index in [1.165, 1.54) is 11.1 Å². The summed E-state index contributed by atoms with van der Waals surface area (Å²) in [6, 6.07) is 6.05. The van der Waals surface area contributed by atoms with Crippen LogP contribution < -0.4 is 5.73 Å². The number of nitrogens with zero attached hydrogens (tertiary/aromatic N) is 2. The quantitative estimate of drug-likeness (QED) is 0.868. The summed E-state index contributed by atoms with van der Waals surface area (Å²) in [5.74, 6) is -0.171. The van der Waals surface area contributed by atoms with Crippen LogP contribution in [0.3, 0.4) is 0 Å². The Morgan fingerprint density at radius 3 is 2.41 bits per heavy atom. The van der Waals surface area contributed by atoms with Crippen molar-refractivity contribution >= 4 is 11.7 Å². The molecule has 5 heteroatoms. The zero-order valence-corrected chi connectivity index (χ0v) is 14.1. The first-order chi connectivity index (χ1) is 10.3. The van der Waals surface area contributed by atoms with E-state index in [1.807, 2.05) is 32.9 Å². The number of benzene rings is 1. The molecule has 1 aromatic rings. The Kier molecular flexibility index (Phi) is 5.08. The first kappa shape index (κ1) is 16.8. The fourth-order valence-electron chi connectivity index (χ4n) is 2.37. The fourth-order valence-corrected chi connectivity index (χ4v) is 2.37. The molecule has 1 aliphatic heterocycles. The van der Waals surface area contributed by atoms with Gasteiger partial charge in [0, 0.05) is 38.4 Å². The van der Waals surface area contributed by atoms with Gasteiger partial charge in [0.05, 0.1) is 5.41 Å². The maximum Gasteiger partial charge on any atom is 0.330 e. The second-order valence-corrected chi connectivity index (χ2v) is 7.02. The summed E-state index contributed by atoms with van der Waals surface area (Å²) in [5, 5.41) is 1.78. The minimum Gasteiger partial charge on any atom is -0.399 e. The van der Waals surface area contributed by atoms with Crippen LogP contribution in [-0.4, -0.2) is 42.1 Å². The van der Waals surface area contributed by atoms with Crippen molar-refractivity contribution in [1.82, 2.24) is 9.96 Å². The van der Waals surface area contributed by atoms with Crippen LogP contribution in [0.2, 0.25) is 0 Å². The van der Waals surface area contributed by atoms with Crippen molar-refractivity contribution in [2.24, 2.45) is 5.41 Å². The lowest BCUT2D eigenvalue weighted by Crippen LogP contribution is -2.47. The highest BCUT2D eigenvalue weighted by atomic mass is 16.7. The van der Waals surface area contributed by atoms with Gasteiger partial charge in [0.25, 0.3) is 0 Å². The van der Waals surface area contributed by atoms with Crippen LogP contribution in [0.1, 0.15) is 31.9 Å². The number of rotatable bonds is 3. The Labute approximate surface area is 133 Å². The number of anilines is 1. The third kappa shape index (κ3) is 4.45. The summed E-state index contributed by atoms with van der Waals surface area (Å²) in [6.07, 6.45) is 0. The maximum atomic E-state index is 11.9. The highest BCUT2D eigenvalue weighted by Gasteiger charge is 2.27. The molecule has 0 radical (unpaired) electrons. The number of hydroxylamine groups is 2. The van der Waals surface area contributed by atoms with E-state index in [0.717, 1.165) is 38.4 Å². The first-order valence-electron chi connectivity index (χ1n) is 7.80. The molecule has 1 aromatic carbocycles. The molecule has 2 rings (SSSR count). The molecule has 0 aromatic heterocycles. The van der Waals surface area contributed by atoms with Crippen molar-refractivity contribution in [3.63, 3.8) is 0 Å². The van der Waals surface area contributed by atoms with Crippen molar-refractivity contribution in [3.8, 4) is 0 Å². The molecule has 22 heavy (non-hydrogen) atoms. The van der Waals surface area contributed by atoms with Crippen LogP contribution in [0, 0.1) is 12.3 Å². The van der Waals surface area contributed by atoms with E-state index in [2.05, 4.69) is 17.9 Å². The van der Waals surface area contributed by atoms with Crippen molar-refractivity contribution in [1.29, 1.82) is 0 Å². The number of piperazine rings is 1. The maximum absolute atomic E-state index is 11.9. The molecular weight excluding hydrogens is 278 g/mol. The van der Waals surface area contributed by atoms with Gasteiger partial charge in [0.1, 0.15) is 0 Å². The molecular formula is C17H27N3O2. The molecule has 1 fully saturated rings. The topological polar surface area (TPSA) is 58.8 Å². The lowest BCUT2D eigenvalue weighted by Gasteiger charge is -2.34. The highest BCUT2D eigenvalue weighted by Crippen LogP contribution is 2.18. The standard InChI is InChI=1S/C17H27N3O2/c1-13-11-15(18)6-5-14(13)12-19-7-9-20(10-8-19)22-16(21)17(2,3)4/h5-6,11H,7-10,12,18H2,1-4H3. The minimum atomic E-state index is -0.460. The van der Waals surface area contributed by atoms with Crippen LogP contribution >= 0.6 is 0 Å². The Balaban J connectivity index is 1.83. The molecule has 0 bridgehead atoms. The van der Waals surface area contributed by atoms with Crippen LogP contribution in [0.25, 0.3) is 0 Å². The van der Waals surface area contributed by atoms with Crippen molar-refractivity contribution < 1.29 is 9.63 Å². The fraction of sp³-hybridized carbons (Fsp3) is 0.588. The van der Waals surface area contributed by atoms with Crippen LogP contribution in [0.4, 0.5) is 5.69 Å². The van der Waals surface area contributed by atoms with E-state index in [-0.39, 0.29) is 5.97 Å². The number of carbonyl (C=O) groups excluding carboxylic acids is 1. The first-order valence-corrected chi connectivity index (χ1v) is 7.80. The van der Waals surface area contributed by atoms with Crippen molar-refractivity contribution in [3.05, 3.63) is 29.3 Å². The molecule has 1 saturated heterocycles. The number of hydrogen-bond acceptors (Lipinski definition) is 5. The van der Waals surface area contributed by atoms with Gasteiger partial charge < -0.3 is 10.6 Å². The van der Waals surface area contributed by atoms with Gasteiger partial charge in [-0.15, -0.1) is 5.06 Å². The Morgan fingerprint density at radius 2 is 1.86 bits per heavy atom. The zero-order valence-electron chi connectivity index (χ0n) is 14.1. The third-order valence-corrected chi connectivity index (χ3v) is 3.92. The van der Waals surface area contributed by atoms with Crippen molar-refractivity contribution in [2.75, 3.05) is 31.9 Å². The summed E-state index contributed by atoms with van der Waals surface area (Å²) in [7, 11) is 0. The van der Waals surface area contributed by atoms with Gasteiger partial charge in [-0.2, -0.15) is 0 Å². The summed E-state index contributed by atoms with van der Waals surface area (Å²) >= 11 is 0. The Morgan fingerprint density at radius 1 is 1.23 bits per heavy atom. The SMILES string of the molecule is Cc1cc(N)ccc1CN1CCN(OC(=O)C(C)(C)C)CC1. The molecule has 122 valence electrons. The largest absolute Gasteiger partial charge is 0.399 e. The second-order valence-electron chi connectivity index (χ2n) is 7.02. The van der Waals surface area contributed by atoms with Gasteiger partial charge in [-0.1, -0.05) is 6.07 Å². The van der Waals surface area contributed by atoms with Gasteiger partial charge in [0.2, 0.25) is 0 Å². The van der Waals surface area contributed by atoms with E-state index in [4.69, 9.17) is 10.6 Å². The highest BCUT2D eigenvalue weighted by molar-refractivity contribution is 5.75. The Hall–Kier alpha value is -1.59. The minimum absolute atomic E-state index is 0.171. The van der Waals surface area contributed by atoms with E-state index in [0.29, 0.717) is 0 Å². The molecule has 0 atom stereocenters. The van der Waals surface area contributed by atoms with Gasteiger partial charge in [-0.3, -0.25) is 4.90 Å². The molecule has 0 unspecified atom stereocenters. The zero-order chi connectivity index (χ0) is 16.3. The molecule has 0 spiro atoms. The third-order valence-electron chi connectivity index (χ3n) is 3.92. The average Bonchev–Trinajstić information content (AvgIpc) is 2.43. The molecule has 1 heterocycles. The lowest BCUT2D eigenvalue weighted by molar-refractivity contribution is -0.207. The monoisotopic (exact) mass is 305 g/mol. The summed E-state index contributed by atoms with van der Waals surface area (Å²) < 4.78 is 0. The van der Waals surface area contributed by atoms with E-state index < -0.39 is 5.41 Å². The number of carbonyl (C=O) groups is 1. The predicted octanol–water partition coefficient (Wildman–Crippen LogP) is 2.20. The van der Waals surface area contributed by atoms with E-state index in [1.54, 1.807) is 5.06 Å². The molecule has 0 aliphatic carbocycles. The van der Waals surface area contributed by atoms with Gasteiger partial charge in [-0.25, -0.2) is 4.79 Å². The molecule has 2 N–H and O–H groups in total. The second kappa shape index (κ2) is 6.67. The van der Waals surface area contributed by atoms with Crippen LogP contribution in [0.15, 0.2) is 18.2 Å². The molecule has 5 nitrogen and oxygen atoms in total. The van der Waals surface area contributed by atoms with E-state index >= 15 is 0 Å². The number of nitrogen functional groups attached to an aromatic ring is 1. The normalized spacial score (nSPS) is 17.5. The summed E-state index contributed by atoms with van der Waals surface area (Å²) in [5.41, 5.74) is 8.66. The number of nitrogens with two attached hydrogens (primary N) is 1. The van der Waals surface area contributed by atoms with Gasteiger partial charge in [0.15, 0.2) is 0 Å². The molecule has 0 saturated carbocycles. The Bertz CT molecular complexity index is 529. The summed E-state index contributed by atoms with van der Waals surface area (Å²) in [4.78, 5) is 19.7. The number of hydrogen-bond donors (Lipinski definition) is 1. The number of aryl methyl sites for hydroxylation is 1. The van der Waals surface area contributed by atoms with Gasteiger partial charge >= 0.3 is 5.97 Å². The van der Waals surface area contributed by atoms with Crippen LogP contribution in [-0.2, 0) is 16.2 Å². The predicted molar refractivity (Wildman–Crippen MR) is 88.0 cm³/mol. The average molecular weight is 305 g/mol. The molecule has 1 aliphatic rings. The van der Waals surface area contributed by atoms with E-state index in [9.17, 15) is 4.79 Å². The lowest BCUT2D eigenvalue weighted by atomic mass is 9.98. The smallest absolute Gasteiger partial charge is 0.330 e. The van der Waals surface area contributed by atoms with Crippen LogP contribution in [0.5, 0.6) is 0 Å². The van der Waals surface area contributed by atoms with Crippen molar-refractivity contribution in [2.45, 2.75) is 34.2 Å². The summed E-state index contributed by atoms with van der Waals surface area (Å²) in [6.45, 7) is 11.9.